The number of carbonyl (C=O) groups excluding carboxylic acids is 1. The van der Waals surface area contributed by atoms with E-state index in [-0.39, 0.29) is 48.5 Å². The van der Waals surface area contributed by atoms with Crippen molar-refractivity contribution in [3.8, 4) is 0 Å². The summed E-state index contributed by atoms with van der Waals surface area (Å²) < 4.78 is 23.8. The highest BCUT2D eigenvalue weighted by atomic mass is 16.6. The van der Waals surface area contributed by atoms with Crippen molar-refractivity contribution in [1.82, 2.24) is 0 Å². The Hall–Kier alpha value is -1.05. The number of aliphatic hydroxyl groups is 1. The first-order valence-corrected chi connectivity index (χ1v) is 8.91. The van der Waals surface area contributed by atoms with Crippen molar-refractivity contribution >= 4 is 5.78 Å². The van der Waals surface area contributed by atoms with Crippen LogP contribution in [0.25, 0.3) is 0 Å². The molecule has 3 aliphatic rings. The van der Waals surface area contributed by atoms with Gasteiger partial charge < -0.3 is 24.1 Å². The number of carbonyl (C=O) groups is 1. The molecule has 3 heterocycles. The maximum atomic E-state index is 11.4. The summed E-state index contributed by atoms with van der Waals surface area (Å²) in [5.74, 6) is -0.0461. The summed E-state index contributed by atoms with van der Waals surface area (Å²) in [4.78, 5) is 11.4. The van der Waals surface area contributed by atoms with Gasteiger partial charge in [-0.25, -0.2) is 0 Å². The van der Waals surface area contributed by atoms with Gasteiger partial charge in [0.05, 0.1) is 36.6 Å². The van der Waals surface area contributed by atoms with Gasteiger partial charge in [0.15, 0.2) is 5.78 Å². The van der Waals surface area contributed by atoms with E-state index in [0.29, 0.717) is 31.3 Å². The zero-order chi connectivity index (χ0) is 18.1. The third-order valence-electron chi connectivity index (χ3n) is 5.50. The van der Waals surface area contributed by atoms with Gasteiger partial charge in [0.1, 0.15) is 12.2 Å². The number of fused-ring (bicyclic) bond motifs is 2. The smallest absolute Gasteiger partial charge is 0.155 e. The maximum Gasteiger partial charge on any atom is 0.155 e. The van der Waals surface area contributed by atoms with E-state index in [2.05, 4.69) is 13.2 Å². The minimum Gasteiger partial charge on any atom is -0.390 e. The number of methoxy groups -OCH3 is 1. The first-order valence-electron chi connectivity index (χ1n) is 8.91. The Bertz CT molecular complexity index is 532. The predicted molar refractivity (Wildman–Crippen MR) is 91.3 cm³/mol. The lowest BCUT2D eigenvalue weighted by atomic mass is 9.85. The molecule has 3 rings (SSSR count). The number of hydrogen-bond donors (Lipinski definition) is 1. The van der Waals surface area contributed by atoms with E-state index < -0.39 is 6.10 Å². The normalized spacial score (nSPS) is 43.6. The van der Waals surface area contributed by atoms with Gasteiger partial charge in [0, 0.05) is 32.8 Å². The van der Waals surface area contributed by atoms with E-state index in [0.717, 1.165) is 0 Å². The molecule has 6 nitrogen and oxygen atoms in total. The second kappa shape index (κ2) is 7.68. The Morgan fingerprint density at radius 1 is 1.20 bits per heavy atom. The van der Waals surface area contributed by atoms with E-state index in [1.165, 1.54) is 6.92 Å². The van der Waals surface area contributed by atoms with Crippen molar-refractivity contribution in [3.63, 3.8) is 0 Å². The molecule has 0 spiro atoms. The lowest BCUT2D eigenvalue weighted by Gasteiger charge is -2.50. The van der Waals surface area contributed by atoms with Crippen molar-refractivity contribution in [2.75, 3.05) is 7.11 Å². The minimum absolute atomic E-state index is 0.0461. The zero-order valence-corrected chi connectivity index (χ0v) is 14.9. The van der Waals surface area contributed by atoms with Crippen LogP contribution in [0.2, 0.25) is 0 Å². The van der Waals surface area contributed by atoms with Gasteiger partial charge in [-0.1, -0.05) is 12.7 Å². The van der Waals surface area contributed by atoms with E-state index in [1.807, 2.05) is 0 Å². The number of hydrogen-bond acceptors (Lipinski definition) is 6. The molecule has 3 fully saturated rings. The number of ether oxygens (including phenoxy) is 4. The Kier molecular flexibility index (Phi) is 5.75. The highest BCUT2D eigenvalue weighted by Gasteiger charge is 2.50. The monoisotopic (exact) mass is 352 g/mol. The summed E-state index contributed by atoms with van der Waals surface area (Å²) in [7, 11) is 1.65. The predicted octanol–water partition coefficient (Wildman–Crippen LogP) is 1.56. The van der Waals surface area contributed by atoms with E-state index in [1.54, 1.807) is 13.2 Å². The van der Waals surface area contributed by atoms with E-state index >= 15 is 0 Å². The molecule has 0 aromatic rings. The van der Waals surface area contributed by atoms with Crippen LogP contribution in [0.1, 0.15) is 32.6 Å². The van der Waals surface area contributed by atoms with Crippen LogP contribution in [-0.2, 0) is 23.7 Å². The molecule has 0 amide bonds. The molecule has 8 unspecified atom stereocenters. The van der Waals surface area contributed by atoms with Gasteiger partial charge in [0.25, 0.3) is 0 Å². The molecule has 1 N–H and O–H groups in total. The molecule has 3 aliphatic heterocycles. The summed E-state index contributed by atoms with van der Waals surface area (Å²) >= 11 is 0. The van der Waals surface area contributed by atoms with Crippen molar-refractivity contribution < 1.29 is 28.8 Å². The van der Waals surface area contributed by atoms with Crippen LogP contribution in [0.3, 0.4) is 0 Å². The molecule has 0 aromatic heterocycles. The van der Waals surface area contributed by atoms with Crippen molar-refractivity contribution in [2.45, 2.75) is 81.4 Å². The lowest BCUT2D eigenvalue weighted by molar-refractivity contribution is -0.283. The quantitative estimate of drug-likeness (QED) is 0.598. The molecular weight excluding hydrogens is 324 g/mol. The molecule has 8 atom stereocenters. The number of Topliss-reactive ketones (excluding diaryl/α,β-unsaturated/α-hetero) is 1. The third kappa shape index (κ3) is 3.88. The molecule has 140 valence electrons. The summed E-state index contributed by atoms with van der Waals surface area (Å²) in [6.07, 6.45) is 2.02. The maximum absolute atomic E-state index is 11.4. The molecule has 0 bridgehead atoms. The summed E-state index contributed by atoms with van der Waals surface area (Å²) in [5.41, 5.74) is 0.522. The first-order chi connectivity index (χ1) is 11.9. The average Bonchev–Trinajstić information content (AvgIpc) is 2.59. The van der Waals surface area contributed by atoms with Crippen LogP contribution in [0.15, 0.2) is 24.8 Å². The topological polar surface area (TPSA) is 74.2 Å². The van der Waals surface area contributed by atoms with Gasteiger partial charge in [0.2, 0.25) is 0 Å². The standard InChI is InChI=1S/C19H28O6/c1-5-14-15(22-4)8-17-16(24-14)9-18-19(25-17)13(21)7-12(23-18)6-10(2)11(3)20/h5,12-19,21H,1-2,6-9H2,3-4H3. The van der Waals surface area contributed by atoms with Crippen LogP contribution in [0.4, 0.5) is 0 Å². The van der Waals surface area contributed by atoms with Gasteiger partial charge in [-0.3, -0.25) is 4.79 Å². The average molecular weight is 352 g/mol. The van der Waals surface area contributed by atoms with Crippen molar-refractivity contribution in [3.05, 3.63) is 24.8 Å². The van der Waals surface area contributed by atoms with Crippen LogP contribution in [0.5, 0.6) is 0 Å². The molecule has 0 aromatic carbocycles. The van der Waals surface area contributed by atoms with Crippen LogP contribution < -0.4 is 0 Å². The summed E-state index contributed by atoms with van der Waals surface area (Å²) in [5, 5.41) is 10.5. The highest BCUT2D eigenvalue weighted by Crippen LogP contribution is 2.39. The SMILES string of the molecule is C=CC1OC2CC3OC(CC(=C)C(C)=O)CC(O)C3OC2CC1OC. The van der Waals surface area contributed by atoms with Crippen molar-refractivity contribution in [2.24, 2.45) is 0 Å². The zero-order valence-electron chi connectivity index (χ0n) is 14.9. The van der Waals surface area contributed by atoms with Gasteiger partial charge in [-0.15, -0.1) is 6.58 Å². The Labute approximate surface area is 148 Å². The molecule has 6 heteroatoms. The second-order valence-electron chi connectivity index (χ2n) is 7.22. The van der Waals surface area contributed by atoms with Gasteiger partial charge in [-0.05, 0) is 12.5 Å². The highest BCUT2D eigenvalue weighted by molar-refractivity contribution is 5.92. The lowest BCUT2D eigenvalue weighted by Crippen LogP contribution is -2.61. The number of rotatable bonds is 5. The van der Waals surface area contributed by atoms with Crippen LogP contribution >= 0.6 is 0 Å². The molecular formula is C19H28O6. The number of aliphatic hydroxyl groups excluding tert-OH is 1. The third-order valence-corrected chi connectivity index (χ3v) is 5.50. The van der Waals surface area contributed by atoms with Crippen LogP contribution in [-0.4, -0.2) is 66.8 Å². The fourth-order valence-corrected chi connectivity index (χ4v) is 4.06. The van der Waals surface area contributed by atoms with E-state index in [9.17, 15) is 9.90 Å². The summed E-state index contributed by atoms with van der Waals surface area (Å²) in [6.45, 7) is 9.10. The Morgan fingerprint density at radius 2 is 1.92 bits per heavy atom. The fraction of sp³-hybridized carbons (Fsp3) is 0.737. The molecule has 25 heavy (non-hydrogen) atoms. The Morgan fingerprint density at radius 3 is 2.56 bits per heavy atom. The fourth-order valence-electron chi connectivity index (χ4n) is 4.06. The van der Waals surface area contributed by atoms with Gasteiger partial charge in [-0.2, -0.15) is 0 Å². The molecule has 0 aliphatic carbocycles. The van der Waals surface area contributed by atoms with Gasteiger partial charge >= 0.3 is 0 Å². The molecule has 0 saturated carbocycles. The van der Waals surface area contributed by atoms with Crippen LogP contribution in [0, 0.1) is 0 Å². The van der Waals surface area contributed by atoms with E-state index in [4.69, 9.17) is 18.9 Å². The minimum atomic E-state index is -0.623. The Balaban J connectivity index is 1.66. The largest absolute Gasteiger partial charge is 0.390 e. The number of ketones is 1. The van der Waals surface area contributed by atoms with Crippen molar-refractivity contribution in [1.29, 1.82) is 0 Å². The summed E-state index contributed by atoms with van der Waals surface area (Å²) in [6, 6.07) is 0. The first kappa shape index (κ1) is 18.7. The molecule has 0 radical (unpaired) electrons. The second-order valence-corrected chi connectivity index (χ2v) is 7.22. The molecule has 3 saturated heterocycles.